The molecule has 58 heavy (non-hydrogen) atoms. The summed E-state index contributed by atoms with van der Waals surface area (Å²) in [4.78, 5) is 57.2. The summed E-state index contributed by atoms with van der Waals surface area (Å²) in [6.07, 6.45) is 7.23. The van der Waals surface area contributed by atoms with Crippen molar-refractivity contribution in [3.8, 4) is 0 Å². The van der Waals surface area contributed by atoms with Gasteiger partial charge in [-0.2, -0.15) is 0 Å². The normalized spacial score (nSPS) is 18.0. The molecule has 302 valence electrons. The molecule has 7 rings (SSSR count). The number of amides is 3. The molecule has 3 fully saturated rings. The number of nitrogens with one attached hydrogen (secondary N) is 3. The number of imide groups is 1. The molecule has 0 bridgehead atoms. The third-order valence-electron chi connectivity index (χ3n) is 11.4. The number of carbonyl (C=O) groups excluding carboxylic acids is 3. The monoisotopic (exact) mass is 785 g/mol. The fourth-order valence-electron chi connectivity index (χ4n) is 7.98. The maximum absolute atomic E-state index is 15.4. The minimum atomic E-state index is -0.461. The van der Waals surface area contributed by atoms with E-state index in [2.05, 4.69) is 70.0 Å². The highest BCUT2D eigenvalue weighted by Gasteiger charge is 2.35. The summed E-state index contributed by atoms with van der Waals surface area (Å²) >= 11 is 0. The Balaban J connectivity index is 0.908. The Morgan fingerprint density at radius 1 is 1.00 bits per heavy atom. The lowest BCUT2D eigenvalue weighted by Gasteiger charge is -2.49. The van der Waals surface area contributed by atoms with Gasteiger partial charge in [0.1, 0.15) is 5.82 Å². The third-order valence-corrected chi connectivity index (χ3v) is 11.4. The summed E-state index contributed by atoms with van der Waals surface area (Å²) in [7, 11) is 0. The van der Waals surface area contributed by atoms with Crippen LogP contribution in [-0.2, 0) is 20.8 Å². The van der Waals surface area contributed by atoms with Gasteiger partial charge in [0.2, 0.25) is 23.7 Å². The van der Waals surface area contributed by atoms with Crippen LogP contribution in [0, 0.1) is 5.82 Å². The van der Waals surface area contributed by atoms with Gasteiger partial charge in [-0.1, -0.05) is 43.4 Å². The number of benzene rings is 2. The first kappa shape index (κ1) is 40.3. The molecule has 0 saturated carbocycles. The average molecular weight is 786 g/mol. The van der Waals surface area contributed by atoms with Crippen LogP contribution in [0.15, 0.2) is 90.4 Å². The molecule has 0 aliphatic carbocycles. The molecule has 3 amide bonds. The molecule has 0 radical (unpaired) electrons. The zero-order valence-corrected chi connectivity index (χ0v) is 33.8. The SMILES string of the molecule is C=C/C(=C(/C)C(NCCC)=C(C)C)c1ccc2cnc(Nc3ccc(CC(=O)N4CCN(C5CN(c6ccc(C7CCC(=O)NC7=O)nc6)C5)CC4)c(F)c3)nc2c1. The van der Waals surface area contributed by atoms with Gasteiger partial charge in [-0.15, -0.1) is 0 Å². The molecule has 13 heteroatoms. The number of piperidine rings is 1. The maximum Gasteiger partial charge on any atom is 0.235 e. The first-order valence-corrected chi connectivity index (χ1v) is 20.1. The van der Waals surface area contributed by atoms with Gasteiger partial charge in [-0.25, -0.2) is 14.4 Å². The second-order valence-electron chi connectivity index (χ2n) is 15.5. The Kier molecular flexibility index (Phi) is 12.3. The first-order chi connectivity index (χ1) is 28.0. The number of nitrogens with zero attached hydrogens (tertiary/aromatic N) is 6. The van der Waals surface area contributed by atoms with Crippen molar-refractivity contribution in [2.45, 2.75) is 65.3 Å². The number of piperazine rings is 1. The zero-order chi connectivity index (χ0) is 40.9. The average Bonchev–Trinajstić information content (AvgIpc) is 3.19. The Hall–Kier alpha value is -5.95. The van der Waals surface area contributed by atoms with E-state index >= 15 is 4.39 Å². The van der Waals surface area contributed by atoms with Crippen molar-refractivity contribution in [3.63, 3.8) is 0 Å². The Bertz CT molecular complexity index is 2270. The fourth-order valence-corrected chi connectivity index (χ4v) is 7.98. The van der Waals surface area contributed by atoms with E-state index in [4.69, 9.17) is 4.98 Å². The van der Waals surface area contributed by atoms with Crippen molar-refractivity contribution in [2.75, 3.05) is 56.0 Å². The van der Waals surface area contributed by atoms with Crippen LogP contribution < -0.4 is 20.9 Å². The van der Waals surface area contributed by atoms with E-state index in [1.54, 1.807) is 24.5 Å². The summed E-state index contributed by atoms with van der Waals surface area (Å²) in [5.41, 5.74) is 8.69. The molecule has 2 aromatic carbocycles. The Morgan fingerprint density at radius 3 is 2.47 bits per heavy atom. The molecule has 3 aliphatic heterocycles. The molecule has 5 heterocycles. The van der Waals surface area contributed by atoms with Gasteiger partial charge in [0.25, 0.3) is 0 Å². The van der Waals surface area contributed by atoms with E-state index in [9.17, 15) is 14.4 Å². The van der Waals surface area contributed by atoms with Crippen LogP contribution in [0.2, 0.25) is 0 Å². The molecule has 12 nitrogen and oxygen atoms in total. The molecule has 0 spiro atoms. The predicted molar refractivity (Wildman–Crippen MR) is 226 cm³/mol. The molecule has 3 aliphatic rings. The number of hydrogen-bond donors (Lipinski definition) is 3. The summed E-state index contributed by atoms with van der Waals surface area (Å²) in [6.45, 7) is 17.8. The topological polar surface area (TPSA) is 136 Å². The quantitative estimate of drug-likeness (QED) is 0.105. The lowest BCUT2D eigenvalue weighted by molar-refractivity contribution is -0.134. The number of rotatable bonds is 13. The van der Waals surface area contributed by atoms with Crippen LogP contribution in [0.1, 0.15) is 69.7 Å². The van der Waals surface area contributed by atoms with Crippen LogP contribution in [0.25, 0.3) is 16.5 Å². The number of carbonyl (C=O) groups is 3. The van der Waals surface area contributed by atoms with E-state index < -0.39 is 11.7 Å². The number of allylic oxidation sites excluding steroid dienone is 4. The first-order valence-electron chi connectivity index (χ1n) is 20.1. The fraction of sp³-hybridized carbons (Fsp3) is 0.378. The molecule has 3 saturated heterocycles. The molecule has 1 unspecified atom stereocenters. The summed E-state index contributed by atoms with van der Waals surface area (Å²) in [5, 5.41) is 9.97. The number of fused-ring (bicyclic) bond motifs is 1. The third kappa shape index (κ3) is 8.94. The number of anilines is 3. The van der Waals surface area contributed by atoms with Gasteiger partial charge in [0, 0.05) is 81.2 Å². The molecule has 3 N–H and O–H groups in total. The van der Waals surface area contributed by atoms with Gasteiger partial charge in [0.05, 0.1) is 35.4 Å². The number of halogens is 1. The van der Waals surface area contributed by atoms with Gasteiger partial charge in [-0.3, -0.25) is 29.6 Å². The van der Waals surface area contributed by atoms with Gasteiger partial charge < -0.3 is 20.4 Å². The van der Waals surface area contributed by atoms with E-state index in [0.29, 0.717) is 54.9 Å². The van der Waals surface area contributed by atoms with E-state index in [1.807, 2.05) is 41.3 Å². The van der Waals surface area contributed by atoms with Crippen LogP contribution >= 0.6 is 0 Å². The maximum atomic E-state index is 15.4. The van der Waals surface area contributed by atoms with Crippen LogP contribution in [0.4, 0.5) is 21.7 Å². The van der Waals surface area contributed by atoms with Crippen molar-refractivity contribution in [2.24, 2.45) is 0 Å². The Morgan fingerprint density at radius 2 is 1.79 bits per heavy atom. The standard InChI is InChI=1S/C45H52FN9O3/c1-6-16-47-43(28(3)4)29(5)36(7-2)30-8-9-32-24-49-45(51-40(32)21-30)50-33-11-10-31(38(46)23-33)22-42(57)54-19-17-53(18-20-54)35-26-55(27-35)34-12-14-39(48-25-34)37-13-15-41(56)52-44(37)58/h7-12,14,21,23-25,35,37,47H,2,6,13,15-20,22,26-27H2,1,3-5H3,(H,49,50,51)(H,52,56,58)/b36-29+. The Labute approximate surface area is 339 Å². The highest BCUT2D eigenvalue weighted by Crippen LogP contribution is 2.30. The largest absolute Gasteiger partial charge is 0.385 e. The summed E-state index contributed by atoms with van der Waals surface area (Å²) in [6, 6.07) is 15.1. The van der Waals surface area contributed by atoms with Crippen molar-refractivity contribution >= 4 is 51.5 Å². The van der Waals surface area contributed by atoms with E-state index in [0.717, 1.165) is 78.1 Å². The van der Waals surface area contributed by atoms with Crippen LogP contribution in [-0.4, -0.2) is 94.3 Å². The smallest absolute Gasteiger partial charge is 0.235 e. The van der Waals surface area contributed by atoms with Gasteiger partial charge >= 0.3 is 0 Å². The number of pyridine rings is 1. The zero-order valence-electron chi connectivity index (χ0n) is 33.8. The molecule has 2 aromatic heterocycles. The number of aromatic nitrogens is 3. The minimum absolute atomic E-state index is 0.0125. The van der Waals surface area contributed by atoms with E-state index in [-0.39, 0.29) is 24.1 Å². The van der Waals surface area contributed by atoms with Crippen LogP contribution in [0.5, 0.6) is 0 Å². The van der Waals surface area contributed by atoms with Crippen molar-refractivity contribution in [1.29, 1.82) is 0 Å². The highest BCUT2D eigenvalue weighted by atomic mass is 19.1. The highest BCUT2D eigenvalue weighted by molar-refractivity contribution is 6.00. The second-order valence-corrected chi connectivity index (χ2v) is 15.5. The molecule has 1 atom stereocenters. The second kappa shape index (κ2) is 17.7. The van der Waals surface area contributed by atoms with Crippen molar-refractivity contribution in [3.05, 3.63) is 113 Å². The van der Waals surface area contributed by atoms with Gasteiger partial charge in [-0.05, 0) is 86.2 Å². The molecular weight excluding hydrogens is 734 g/mol. The van der Waals surface area contributed by atoms with E-state index in [1.165, 1.54) is 11.6 Å². The summed E-state index contributed by atoms with van der Waals surface area (Å²) < 4.78 is 15.4. The minimum Gasteiger partial charge on any atom is -0.385 e. The lowest BCUT2D eigenvalue weighted by Crippen LogP contribution is -2.63. The predicted octanol–water partition coefficient (Wildman–Crippen LogP) is 6.26. The van der Waals surface area contributed by atoms with Crippen molar-refractivity contribution in [1.82, 2.24) is 35.4 Å². The van der Waals surface area contributed by atoms with Gasteiger partial charge in [0.15, 0.2) is 0 Å². The summed E-state index contributed by atoms with van der Waals surface area (Å²) in [5.74, 6) is -1.12. The lowest BCUT2D eigenvalue weighted by atomic mass is 9.94. The van der Waals surface area contributed by atoms with Crippen molar-refractivity contribution < 1.29 is 18.8 Å². The van der Waals surface area contributed by atoms with Crippen LogP contribution in [0.3, 0.4) is 0 Å². The molecule has 4 aromatic rings. The molecular formula is C45H52FN9O3. The number of hydrogen-bond acceptors (Lipinski definition) is 10.